The molecule has 1 heterocycles. The van der Waals surface area contributed by atoms with Crippen molar-refractivity contribution in [3.8, 4) is 11.1 Å². The first kappa shape index (κ1) is 22.9. The summed E-state index contributed by atoms with van der Waals surface area (Å²) in [6.45, 7) is 7.49. The maximum atomic E-state index is 10.3. The average molecular weight is 428 g/mol. The van der Waals surface area contributed by atoms with E-state index in [9.17, 15) is 5.11 Å². The van der Waals surface area contributed by atoms with Gasteiger partial charge in [-0.1, -0.05) is 97.0 Å². The first-order valence-corrected chi connectivity index (χ1v) is 9.70. The van der Waals surface area contributed by atoms with Crippen LogP contribution in [0, 0.1) is 0 Å². The van der Waals surface area contributed by atoms with Crippen LogP contribution in [0.1, 0.15) is 17.2 Å². The molecule has 1 N–H and O–H groups in total. The summed E-state index contributed by atoms with van der Waals surface area (Å²) < 4.78 is 4.89. The molecule has 0 aliphatic carbocycles. The summed E-state index contributed by atoms with van der Waals surface area (Å²) in [6.07, 6.45) is 2.76. The van der Waals surface area contributed by atoms with Crippen molar-refractivity contribution in [1.29, 1.82) is 0 Å². The Balaban J connectivity index is 0.000000284. The van der Waals surface area contributed by atoms with Gasteiger partial charge in [-0.25, -0.2) is 0 Å². The molecular formula is C24H23Cl2NO2. The molecule has 0 spiro atoms. The van der Waals surface area contributed by atoms with Crippen molar-refractivity contribution >= 4 is 23.2 Å². The van der Waals surface area contributed by atoms with Crippen LogP contribution < -0.4 is 0 Å². The third-order valence-electron chi connectivity index (χ3n) is 3.85. The molecule has 0 bridgehead atoms. The molecule has 0 fully saturated rings. The highest BCUT2D eigenvalue weighted by Gasteiger charge is 2.10. The van der Waals surface area contributed by atoms with Gasteiger partial charge < -0.3 is 9.84 Å². The zero-order valence-electron chi connectivity index (χ0n) is 16.0. The lowest BCUT2D eigenvalue weighted by molar-refractivity contribution is 0.189. The number of hydrogen-bond donors (Lipinski definition) is 1. The summed E-state index contributed by atoms with van der Waals surface area (Å²) in [5, 5.41) is 11.2. The summed E-state index contributed by atoms with van der Waals surface area (Å²) in [4.78, 5) is 4.04. The largest absolute Gasteiger partial charge is 0.384 e. The van der Waals surface area contributed by atoms with Crippen molar-refractivity contribution in [2.45, 2.75) is 6.10 Å². The van der Waals surface area contributed by atoms with E-state index in [-0.39, 0.29) is 0 Å². The van der Waals surface area contributed by atoms with Crippen molar-refractivity contribution in [1.82, 2.24) is 4.98 Å². The highest BCUT2D eigenvalue weighted by Crippen LogP contribution is 2.25. The lowest BCUT2D eigenvalue weighted by Gasteiger charge is -2.11. The van der Waals surface area contributed by atoms with Gasteiger partial charge in [0.25, 0.3) is 0 Å². The molecule has 1 atom stereocenters. The highest BCUT2D eigenvalue weighted by molar-refractivity contribution is 6.29. The maximum absolute atomic E-state index is 10.3. The van der Waals surface area contributed by atoms with Gasteiger partial charge in [-0.05, 0) is 22.8 Å². The SMILES string of the molecule is C=C(Cl)COCC(=C)Cl.OC(c1ccc(-c2ccccc2)cc1)c1cccnc1. The van der Waals surface area contributed by atoms with E-state index in [2.05, 4.69) is 30.3 Å². The van der Waals surface area contributed by atoms with Crippen LogP contribution in [0.3, 0.4) is 0 Å². The molecular weight excluding hydrogens is 405 g/mol. The summed E-state index contributed by atoms with van der Waals surface area (Å²) >= 11 is 10.7. The Morgan fingerprint density at radius 3 is 1.93 bits per heavy atom. The molecule has 0 aliphatic heterocycles. The molecule has 0 aliphatic rings. The Bertz CT molecular complexity index is 883. The van der Waals surface area contributed by atoms with Gasteiger partial charge in [-0.2, -0.15) is 0 Å². The fraction of sp³-hybridized carbons (Fsp3) is 0.125. The van der Waals surface area contributed by atoms with Gasteiger partial charge in [0.1, 0.15) is 6.10 Å². The van der Waals surface area contributed by atoms with Gasteiger partial charge in [0.05, 0.1) is 13.2 Å². The number of halogens is 2. The molecule has 0 saturated carbocycles. The van der Waals surface area contributed by atoms with Gasteiger partial charge in [-0.3, -0.25) is 4.98 Å². The second kappa shape index (κ2) is 12.2. The number of nitrogens with zero attached hydrogens (tertiary/aromatic N) is 1. The number of aliphatic hydroxyl groups is 1. The van der Waals surface area contributed by atoms with E-state index in [1.807, 2.05) is 54.6 Å². The van der Waals surface area contributed by atoms with Crippen LogP contribution in [0.15, 0.2) is 102 Å². The highest BCUT2D eigenvalue weighted by atomic mass is 35.5. The summed E-state index contributed by atoms with van der Waals surface area (Å²) in [5.74, 6) is 0. The minimum atomic E-state index is -0.631. The van der Waals surface area contributed by atoms with E-state index < -0.39 is 6.10 Å². The molecule has 1 aromatic heterocycles. The quantitative estimate of drug-likeness (QED) is 0.478. The number of ether oxygens (including phenoxy) is 1. The molecule has 3 nitrogen and oxygen atoms in total. The van der Waals surface area contributed by atoms with Crippen molar-refractivity contribution in [2.75, 3.05) is 13.2 Å². The van der Waals surface area contributed by atoms with E-state index >= 15 is 0 Å². The van der Waals surface area contributed by atoms with E-state index in [0.717, 1.165) is 16.7 Å². The van der Waals surface area contributed by atoms with E-state index in [1.54, 1.807) is 12.4 Å². The van der Waals surface area contributed by atoms with Crippen LogP contribution in [-0.4, -0.2) is 23.3 Å². The molecule has 3 rings (SSSR count). The molecule has 29 heavy (non-hydrogen) atoms. The minimum Gasteiger partial charge on any atom is -0.384 e. The van der Waals surface area contributed by atoms with E-state index in [1.165, 1.54) is 5.56 Å². The second-order valence-electron chi connectivity index (χ2n) is 6.20. The third kappa shape index (κ3) is 8.22. The Labute approximate surface area is 181 Å². The maximum Gasteiger partial charge on any atom is 0.106 e. The van der Waals surface area contributed by atoms with Gasteiger partial charge in [0, 0.05) is 28.0 Å². The normalized spacial score (nSPS) is 11.1. The first-order chi connectivity index (χ1) is 14.0. The molecule has 1 unspecified atom stereocenters. The van der Waals surface area contributed by atoms with Gasteiger partial charge in [-0.15, -0.1) is 0 Å². The average Bonchev–Trinajstić information content (AvgIpc) is 2.74. The van der Waals surface area contributed by atoms with Crippen LogP contribution in [0.25, 0.3) is 11.1 Å². The van der Waals surface area contributed by atoms with Crippen LogP contribution in [0.2, 0.25) is 0 Å². The van der Waals surface area contributed by atoms with E-state index in [4.69, 9.17) is 27.9 Å². The molecule has 0 radical (unpaired) electrons. The van der Waals surface area contributed by atoms with Crippen molar-refractivity contribution in [3.05, 3.63) is 113 Å². The number of rotatable bonds is 7. The molecule has 3 aromatic rings. The van der Waals surface area contributed by atoms with Gasteiger partial charge in [0.2, 0.25) is 0 Å². The zero-order chi connectivity index (χ0) is 21.1. The van der Waals surface area contributed by atoms with Crippen LogP contribution in [-0.2, 0) is 4.74 Å². The van der Waals surface area contributed by atoms with Crippen LogP contribution in [0.5, 0.6) is 0 Å². The predicted octanol–water partition coefficient (Wildman–Crippen LogP) is 6.34. The number of pyridine rings is 1. The monoisotopic (exact) mass is 427 g/mol. The summed E-state index contributed by atoms with van der Waals surface area (Å²) in [5.41, 5.74) is 4.00. The van der Waals surface area contributed by atoms with Crippen molar-refractivity contribution in [2.24, 2.45) is 0 Å². The number of hydrogen-bond acceptors (Lipinski definition) is 3. The molecule has 5 heteroatoms. The Hall–Kier alpha value is -2.43. The Kier molecular flexibility index (Phi) is 9.62. The smallest absolute Gasteiger partial charge is 0.106 e. The van der Waals surface area contributed by atoms with Gasteiger partial charge >= 0.3 is 0 Å². The standard InChI is InChI=1S/C18H15NO.C6H8Cl2O/c20-18(17-7-4-12-19-13-17)16-10-8-15(9-11-16)14-5-2-1-3-6-14;1-5(7)3-9-4-6(2)8/h1-13,18,20H;1-4H2. The fourth-order valence-corrected chi connectivity index (χ4v) is 2.65. The zero-order valence-corrected chi connectivity index (χ0v) is 17.5. The Morgan fingerprint density at radius 1 is 0.828 bits per heavy atom. The summed E-state index contributed by atoms with van der Waals surface area (Å²) in [7, 11) is 0. The van der Waals surface area contributed by atoms with E-state index in [0.29, 0.717) is 23.3 Å². The molecule has 2 aromatic carbocycles. The molecule has 0 amide bonds. The third-order valence-corrected chi connectivity index (χ3v) is 4.07. The lowest BCUT2D eigenvalue weighted by atomic mass is 9.99. The number of aromatic nitrogens is 1. The minimum absolute atomic E-state index is 0.327. The van der Waals surface area contributed by atoms with Crippen molar-refractivity contribution < 1.29 is 9.84 Å². The predicted molar refractivity (Wildman–Crippen MR) is 121 cm³/mol. The molecule has 0 saturated heterocycles. The molecule has 150 valence electrons. The lowest BCUT2D eigenvalue weighted by Crippen LogP contribution is -1.99. The van der Waals surface area contributed by atoms with Crippen molar-refractivity contribution in [3.63, 3.8) is 0 Å². The second-order valence-corrected chi connectivity index (χ2v) is 7.27. The summed E-state index contributed by atoms with van der Waals surface area (Å²) in [6, 6.07) is 21.9. The van der Waals surface area contributed by atoms with Gasteiger partial charge in [0.15, 0.2) is 0 Å². The fourth-order valence-electron chi connectivity index (χ4n) is 2.49. The number of benzene rings is 2. The van der Waals surface area contributed by atoms with Crippen LogP contribution >= 0.6 is 23.2 Å². The first-order valence-electron chi connectivity index (χ1n) is 8.95. The van der Waals surface area contributed by atoms with Crippen LogP contribution in [0.4, 0.5) is 0 Å². The Morgan fingerprint density at radius 2 is 1.41 bits per heavy atom. The number of aliphatic hydroxyl groups excluding tert-OH is 1. The topological polar surface area (TPSA) is 42.4 Å².